The number of carbonyl (C=O) groups is 2. The standard InChI is InChI=1S/C25H21FN2O3/c1-17-4-2-3-5-19(17)15-28-22-14-21(11-12-23(22)31-16-25(28)30)27-24(29)13-8-18-6-9-20(26)10-7-18/h2-14H,15-16H2,1H3,(H,27,29)/b13-8+. The number of ether oxygens (including phenoxy) is 1. The first kappa shape index (κ1) is 20.3. The zero-order valence-corrected chi connectivity index (χ0v) is 17.0. The van der Waals surface area contributed by atoms with Gasteiger partial charge >= 0.3 is 0 Å². The van der Waals surface area contributed by atoms with E-state index >= 15 is 0 Å². The summed E-state index contributed by atoms with van der Waals surface area (Å²) in [5.74, 6) is -0.219. The zero-order valence-electron chi connectivity index (χ0n) is 17.0. The Kier molecular flexibility index (Phi) is 5.80. The van der Waals surface area contributed by atoms with E-state index in [1.54, 1.807) is 41.3 Å². The van der Waals surface area contributed by atoms with Crippen LogP contribution in [0.2, 0.25) is 0 Å². The van der Waals surface area contributed by atoms with E-state index < -0.39 is 0 Å². The van der Waals surface area contributed by atoms with E-state index in [0.717, 1.165) is 11.1 Å². The molecule has 3 aromatic rings. The van der Waals surface area contributed by atoms with Crippen LogP contribution < -0.4 is 15.0 Å². The first-order valence-electron chi connectivity index (χ1n) is 9.86. The smallest absolute Gasteiger partial charge is 0.265 e. The Morgan fingerprint density at radius 1 is 1.13 bits per heavy atom. The molecule has 1 heterocycles. The molecule has 0 spiro atoms. The van der Waals surface area contributed by atoms with Crippen molar-refractivity contribution >= 4 is 29.3 Å². The summed E-state index contributed by atoms with van der Waals surface area (Å²) in [5, 5.41) is 2.79. The molecule has 0 unspecified atom stereocenters. The minimum atomic E-state index is -0.335. The van der Waals surface area contributed by atoms with Crippen LogP contribution in [0.1, 0.15) is 16.7 Å². The molecule has 3 aromatic carbocycles. The van der Waals surface area contributed by atoms with Gasteiger partial charge in [0.05, 0.1) is 12.2 Å². The molecule has 0 saturated carbocycles. The summed E-state index contributed by atoms with van der Waals surface area (Å²) < 4.78 is 18.5. The third-order valence-corrected chi connectivity index (χ3v) is 5.06. The van der Waals surface area contributed by atoms with Gasteiger partial charge in [-0.05, 0) is 60.0 Å². The van der Waals surface area contributed by atoms with Gasteiger partial charge in [-0.15, -0.1) is 0 Å². The summed E-state index contributed by atoms with van der Waals surface area (Å²) in [6.07, 6.45) is 2.98. The van der Waals surface area contributed by atoms with Gasteiger partial charge in [0.25, 0.3) is 5.91 Å². The number of anilines is 2. The van der Waals surface area contributed by atoms with Gasteiger partial charge in [-0.3, -0.25) is 9.59 Å². The lowest BCUT2D eigenvalue weighted by Crippen LogP contribution is -2.38. The summed E-state index contributed by atoms with van der Waals surface area (Å²) in [4.78, 5) is 26.6. The minimum absolute atomic E-state index is 0.0228. The van der Waals surface area contributed by atoms with Crippen molar-refractivity contribution in [2.24, 2.45) is 0 Å². The highest BCUT2D eigenvalue weighted by molar-refractivity contribution is 6.03. The van der Waals surface area contributed by atoms with Crippen LogP contribution in [-0.4, -0.2) is 18.4 Å². The largest absolute Gasteiger partial charge is 0.482 e. The van der Waals surface area contributed by atoms with E-state index in [0.29, 0.717) is 29.2 Å². The first-order valence-corrected chi connectivity index (χ1v) is 9.86. The molecule has 0 fully saturated rings. The average Bonchev–Trinajstić information content (AvgIpc) is 2.77. The summed E-state index contributed by atoms with van der Waals surface area (Å²) >= 11 is 0. The number of nitrogens with one attached hydrogen (secondary N) is 1. The highest BCUT2D eigenvalue weighted by Gasteiger charge is 2.26. The molecule has 0 bridgehead atoms. The molecule has 0 atom stereocenters. The maximum atomic E-state index is 13.0. The van der Waals surface area contributed by atoms with Gasteiger partial charge in [0.1, 0.15) is 11.6 Å². The number of nitrogens with zero attached hydrogens (tertiary/aromatic N) is 1. The molecule has 6 heteroatoms. The van der Waals surface area contributed by atoms with E-state index in [1.165, 1.54) is 18.2 Å². The third-order valence-electron chi connectivity index (χ3n) is 5.06. The van der Waals surface area contributed by atoms with Gasteiger partial charge in [-0.1, -0.05) is 36.4 Å². The number of rotatable bonds is 5. The predicted octanol–water partition coefficient (Wildman–Crippen LogP) is 4.71. The number of benzene rings is 3. The Morgan fingerprint density at radius 2 is 1.90 bits per heavy atom. The lowest BCUT2D eigenvalue weighted by Gasteiger charge is -2.30. The lowest BCUT2D eigenvalue weighted by atomic mass is 10.1. The topological polar surface area (TPSA) is 58.6 Å². The summed E-state index contributed by atoms with van der Waals surface area (Å²) in [7, 11) is 0. The van der Waals surface area contributed by atoms with E-state index in [9.17, 15) is 14.0 Å². The molecule has 4 rings (SSSR count). The lowest BCUT2D eigenvalue weighted by molar-refractivity contribution is -0.121. The molecular formula is C25H21FN2O3. The van der Waals surface area contributed by atoms with Crippen molar-refractivity contribution in [1.82, 2.24) is 0 Å². The molecule has 0 aromatic heterocycles. The third kappa shape index (κ3) is 4.80. The molecule has 31 heavy (non-hydrogen) atoms. The van der Waals surface area contributed by atoms with Crippen LogP contribution in [0.5, 0.6) is 5.75 Å². The van der Waals surface area contributed by atoms with Gasteiger partial charge < -0.3 is 15.0 Å². The van der Waals surface area contributed by atoms with Gasteiger partial charge in [-0.2, -0.15) is 0 Å². The van der Waals surface area contributed by atoms with Crippen LogP contribution in [0.3, 0.4) is 0 Å². The minimum Gasteiger partial charge on any atom is -0.482 e. The van der Waals surface area contributed by atoms with Crippen molar-refractivity contribution in [3.63, 3.8) is 0 Å². The Bertz CT molecular complexity index is 1160. The summed E-state index contributed by atoms with van der Waals surface area (Å²) in [6, 6.07) is 18.9. The second-order valence-electron chi connectivity index (χ2n) is 7.25. The van der Waals surface area contributed by atoms with Gasteiger partial charge in [0, 0.05) is 11.8 Å². The number of amides is 2. The Morgan fingerprint density at radius 3 is 2.68 bits per heavy atom. The van der Waals surface area contributed by atoms with Crippen LogP contribution in [0.15, 0.2) is 72.8 Å². The SMILES string of the molecule is Cc1ccccc1CN1C(=O)COc2ccc(NC(=O)/C=C/c3ccc(F)cc3)cc21. The fourth-order valence-corrected chi connectivity index (χ4v) is 3.34. The van der Waals surface area contributed by atoms with Gasteiger partial charge in [0.15, 0.2) is 6.61 Å². The van der Waals surface area contributed by atoms with Crippen LogP contribution >= 0.6 is 0 Å². The maximum Gasteiger partial charge on any atom is 0.265 e. The summed E-state index contributed by atoms with van der Waals surface area (Å²) in [5.41, 5.74) is 4.00. The van der Waals surface area contributed by atoms with Crippen molar-refractivity contribution in [1.29, 1.82) is 0 Å². The number of hydrogen-bond donors (Lipinski definition) is 1. The quantitative estimate of drug-likeness (QED) is 0.613. The van der Waals surface area contributed by atoms with Crippen molar-refractivity contribution < 1.29 is 18.7 Å². The number of fused-ring (bicyclic) bond motifs is 1. The molecule has 1 aliphatic rings. The Balaban J connectivity index is 1.53. The van der Waals surface area contributed by atoms with Crippen LogP contribution in [0, 0.1) is 12.7 Å². The average molecular weight is 416 g/mol. The zero-order chi connectivity index (χ0) is 21.8. The maximum absolute atomic E-state index is 13.0. The number of aryl methyl sites for hydroxylation is 1. The van der Waals surface area contributed by atoms with Crippen molar-refractivity contribution in [2.45, 2.75) is 13.5 Å². The summed E-state index contributed by atoms with van der Waals surface area (Å²) in [6.45, 7) is 2.40. The van der Waals surface area contributed by atoms with E-state index in [2.05, 4.69) is 5.32 Å². The Labute approximate surface area is 179 Å². The predicted molar refractivity (Wildman–Crippen MR) is 118 cm³/mol. The van der Waals surface area contributed by atoms with Crippen LogP contribution in [0.4, 0.5) is 15.8 Å². The molecule has 1 N–H and O–H groups in total. The molecule has 0 radical (unpaired) electrons. The molecule has 156 valence electrons. The second kappa shape index (κ2) is 8.83. The van der Waals surface area contributed by atoms with Crippen LogP contribution in [0.25, 0.3) is 6.08 Å². The first-order chi connectivity index (χ1) is 15.0. The fourth-order valence-electron chi connectivity index (χ4n) is 3.34. The van der Waals surface area contributed by atoms with E-state index in [1.807, 2.05) is 31.2 Å². The second-order valence-corrected chi connectivity index (χ2v) is 7.25. The molecule has 0 aliphatic carbocycles. The van der Waals surface area contributed by atoms with E-state index in [-0.39, 0.29) is 24.2 Å². The molecule has 1 aliphatic heterocycles. The van der Waals surface area contributed by atoms with E-state index in [4.69, 9.17) is 4.74 Å². The molecule has 0 saturated heterocycles. The van der Waals surface area contributed by atoms with Gasteiger partial charge in [0.2, 0.25) is 5.91 Å². The van der Waals surface area contributed by atoms with Crippen molar-refractivity contribution in [2.75, 3.05) is 16.8 Å². The normalized spacial score (nSPS) is 13.1. The number of halogens is 1. The van der Waals surface area contributed by atoms with Crippen molar-refractivity contribution in [3.8, 4) is 5.75 Å². The van der Waals surface area contributed by atoms with Crippen LogP contribution in [-0.2, 0) is 16.1 Å². The monoisotopic (exact) mass is 416 g/mol. The number of carbonyl (C=O) groups excluding carboxylic acids is 2. The highest BCUT2D eigenvalue weighted by atomic mass is 19.1. The Hall–Kier alpha value is -3.93. The van der Waals surface area contributed by atoms with Gasteiger partial charge in [-0.25, -0.2) is 4.39 Å². The molecule has 2 amide bonds. The molecular weight excluding hydrogens is 395 g/mol. The highest BCUT2D eigenvalue weighted by Crippen LogP contribution is 2.35. The van der Waals surface area contributed by atoms with Crippen molar-refractivity contribution in [3.05, 3.63) is 95.3 Å². The fraction of sp³-hybridized carbons (Fsp3) is 0.120. The molecule has 5 nitrogen and oxygen atoms in total. The number of hydrogen-bond acceptors (Lipinski definition) is 3.